The number of nitrogens with zero attached hydrogens (tertiary/aromatic N) is 2. The maximum absolute atomic E-state index is 13.5. The summed E-state index contributed by atoms with van der Waals surface area (Å²) in [5.41, 5.74) is -2.49. The molecule has 0 unspecified atom stereocenters. The Bertz CT molecular complexity index is 1020. The molecule has 0 spiro atoms. The third-order valence-corrected chi connectivity index (χ3v) is 4.21. The van der Waals surface area contributed by atoms with Crippen molar-refractivity contribution < 1.29 is 31.1 Å². The molecule has 30 heavy (non-hydrogen) atoms. The monoisotopic (exact) mass is 425 g/mol. The highest BCUT2D eigenvalue weighted by Crippen LogP contribution is 2.36. The number of hydrogen-bond acceptors (Lipinski definition) is 3. The molecule has 0 aliphatic heterocycles. The van der Waals surface area contributed by atoms with Crippen LogP contribution in [0.15, 0.2) is 67.1 Å². The lowest BCUT2D eigenvalue weighted by Crippen LogP contribution is -2.31. The molecule has 1 amide bonds. The summed E-state index contributed by atoms with van der Waals surface area (Å²) in [6.07, 6.45) is -5.64. The molecule has 3 rings (SSSR count). The van der Waals surface area contributed by atoms with E-state index in [2.05, 4.69) is 15.3 Å². The summed E-state index contributed by atoms with van der Waals surface area (Å²) in [6, 6.07) is 6.62. The molecule has 0 bridgehead atoms. The quantitative estimate of drug-likeness (QED) is 0.597. The van der Waals surface area contributed by atoms with Gasteiger partial charge in [0.2, 0.25) is 0 Å². The summed E-state index contributed by atoms with van der Waals surface area (Å²) in [6.45, 7) is 0. The Hall–Kier alpha value is -3.43. The molecule has 4 nitrogen and oxygen atoms in total. The third kappa shape index (κ3) is 4.76. The summed E-state index contributed by atoms with van der Waals surface area (Å²) in [5.74, 6) is -0.735. The van der Waals surface area contributed by atoms with Crippen LogP contribution in [0.3, 0.4) is 0 Å². The molecule has 1 N–H and O–H groups in total. The molecule has 2 heterocycles. The molecular weight excluding hydrogens is 412 g/mol. The Morgan fingerprint density at radius 3 is 2.03 bits per heavy atom. The smallest absolute Gasteiger partial charge is 0.340 e. The van der Waals surface area contributed by atoms with Gasteiger partial charge in [-0.1, -0.05) is 12.1 Å². The highest BCUT2D eigenvalue weighted by molar-refractivity contribution is 5.94. The molecule has 2 aromatic heterocycles. The lowest BCUT2D eigenvalue weighted by Gasteiger charge is -2.23. The topological polar surface area (TPSA) is 54.9 Å². The van der Waals surface area contributed by atoms with Crippen molar-refractivity contribution in [1.82, 2.24) is 15.3 Å². The molecule has 0 saturated heterocycles. The summed E-state index contributed by atoms with van der Waals surface area (Å²) < 4.78 is 79.1. The zero-order valence-electron chi connectivity index (χ0n) is 15.0. The molecule has 1 aromatic carbocycles. The van der Waals surface area contributed by atoms with Crippen LogP contribution in [0.1, 0.15) is 38.8 Å². The van der Waals surface area contributed by atoms with Crippen LogP contribution in [-0.4, -0.2) is 15.9 Å². The number of carbonyl (C=O) groups excluding carboxylic acids is 1. The Morgan fingerprint density at radius 1 is 0.833 bits per heavy atom. The van der Waals surface area contributed by atoms with Gasteiger partial charge in [0.05, 0.1) is 22.9 Å². The summed E-state index contributed by atoms with van der Waals surface area (Å²) in [7, 11) is 0. The predicted octanol–water partition coefficient (Wildman–Crippen LogP) is 5.03. The van der Waals surface area contributed by atoms with Gasteiger partial charge >= 0.3 is 12.4 Å². The van der Waals surface area contributed by atoms with Crippen molar-refractivity contribution in [3.63, 3.8) is 0 Å². The molecule has 1 atom stereocenters. The van der Waals surface area contributed by atoms with E-state index >= 15 is 0 Å². The first kappa shape index (κ1) is 21.3. The first-order valence-corrected chi connectivity index (χ1v) is 8.47. The Labute approximate surface area is 166 Å². The van der Waals surface area contributed by atoms with E-state index < -0.39 is 41.1 Å². The highest BCUT2D eigenvalue weighted by atomic mass is 19.4. The van der Waals surface area contributed by atoms with Crippen molar-refractivity contribution in [2.24, 2.45) is 0 Å². The normalized spacial score (nSPS) is 13.0. The van der Waals surface area contributed by atoms with Crippen LogP contribution < -0.4 is 5.32 Å². The van der Waals surface area contributed by atoms with Crippen LogP contribution in [0.2, 0.25) is 0 Å². The van der Waals surface area contributed by atoms with Gasteiger partial charge in [-0.2, -0.15) is 26.3 Å². The number of hydrogen-bond donors (Lipinski definition) is 1. The molecular formula is C20H13F6N3O. The molecule has 0 aliphatic rings. The molecule has 3 aromatic rings. The van der Waals surface area contributed by atoms with Crippen molar-refractivity contribution in [2.45, 2.75) is 18.4 Å². The third-order valence-electron chi connectivity index (χ3n) is 4.21. The average Bonchev–Trinajstić information content (AvgIpc) is 2.71. The van der Waals surface area contributed by atoms with E-state index in [0.29, 0.717) is 0 Å². The minimum atomic E-state index is -4.78. The van der Waals surface area contributed by atoms with Gasteiger partial charge in [0.1, 0.15) is 0 Å². The van der Waals surface area contributed by atoms with E-state index in [9.17, 15) is 31.1 Å². The minimum Gasteiger partial charge on any atom is -0.340 e. The Kier molecular flexibility index (Phi) is 5.77. The SMILES string of the molecule is O=C(N[C@@H](c1ccc(C(F)(F)F)cc1)c1ncccc1C(F)(F)F)c1ccncc1. The minimum absolute atomic E-state index is 0.00889. The average molecular weight is 425 g/mol. The number of benzene rings is 1. The van der Waals surface area contributed by atoms with E-state index in [4.69, 9.17) is 0 Å². The molecule has 156 valence electrons. The number of rotatable bonds is 4. The summed E-state index contributed by atoms with van der Waals surface area (Å²) >= 11 is 0. The zero-order valence-corrected chi connectivity index (χ0v) is 15.0. The van der Waals surface area contributed by atoms with Crippen LogP contribution >= 0.6 is 0 Å². The van der Waals surface area contributed by atoms with Gasteiger partial charge in [0.15, 0.2) is 0 Å². The highest BCUT2D eigenvalue weighted by Gasteiger charge is 2.37. The van der Waals surface area contributed by atoms with E-state index in [1.54, 1.807) is 0 Å². The number of pyridine rings is 2. The fourth-order valence-electron chi connectivity index (χ4n) is 2.78. The Balaban J connectivity index is 2.07. The van der Waals surface area contributed by atoms with Crippen LogP contribution in [-0.2, 0) is 12.4 Å². The Morgan fingerprint density at radius 2 is 1.47 bits per heavy atom. The van der Waals surface area contributed by atoms with Gasteiger partial charge in [-0.15, -0.1) is 0 Å². The number of alkyl halides is 6. The van der Waals surface area contributed by atoms with Crippen LogP contribution in [0.25, 0.3) is 0 Å². The molecule has 10 heteroatoms. The van der Waals surface area contributed by atoms with Crippen molar-refractivity contribution in [3.05, 3.63) is 95.1 Å². The van der Waals surface area contributed by atoms with E-state index in [1.807, 2.05) is 0 Å². The maximum atomic E-state index is 13.5. The second kappa shape index (κ2) is 8.13. The lowest BCUT2D eigenvalue weighted by molar-refractivity contribution is -0.139. The molecule has 0 aliphatic carbocycles. The van der Waals surface area contributed by atoms with E-state index in [-0.39, 0.29) is 11.1 Å². The molecule has 0 saturated carbocycles. The number of halogens is 6. The largest absolute Gasteiger partial charge is 0.418 e. The van der Waals surface area contributed by atoms with Crippen LogP contribution in [0.5, 0.6) is 0 Å². The standard InChI is InChI=1S/C20H13F6N3O/c21-19(22,23)14-5-3-12(4-6-14)16(29-18(30)13-7-10-27-11-8-13)17-15(20(24,25)26)2-1-9-28-17/h1-11,16H,(H,29,30)/t16-/m0/s1. The number of aromatic nitrogens is 2. The summed E-state index contributed by atoms with van der Waals surface area (Å²) in [4.78, 5) is 20.1. The number of nitrogens with one attached hydrogen (secondary N) is 1. The first-order chi connectivity index (χ1) is 14.1. The molecule has 0 fully saturated rings. The van der Waals surface area contributed by atoms with Crippen molar-refractivity contribution in [1.29, 1.82) is 0 Å². The number of amides is 1. The van der Waals surface area contributed by atoms with Crippen molar-refractivity contribution >= 4 is 5.91 Å². The van der Waals surface area contributed by atoms with Gasteiger partial charge in [-0.25, -0.2) is 0 Å². The van der Waals surface area contributed by atoms with Crippen molar-refractivity contribution in [2.75, 3.05) is 0 Å². The van der Waals surface area contributed by atoms with Gasteiger partial charge in [-0.3, -0.25) is 14.8 Å². The van der Waals surface area contributed by atoms with Crippen molar-refractivity contribution in [3.8, 4) is 0 Å². The van der Waals surface area contributed by atoms with Gasteiger partial charge < -0.3 is 5.32 Å². The van der Waals surface area contributed by atoms with Gasteiger partial charge in [0.25, 0.3) is 5.91 Å². The fourth-order valence-corrected chi connectivity index (χ4v) is 2.78. The van der Waals surface area contributed by atoms with E-state index in [1.165, 1.54) is 24.5 Å². The fraction of sp³-hybridized carbons (Fsp3) is 0.150. The lowest BCUT2D eigenvalue weighted by atomic mass is 9.97. The second-order valence-corrected chi connectivity index (χ2v) is 6.20. The summed E-state index contributed by atoms with van der Waals surface area (Å²) in [5, 5.41) is 2.43. The molecule has 0 radical (unpaired) electrons. The predicted molar refractivity (Wildman–Crippen MR) is 94.2 cm³/mol. The first-order valence-electron chi connectivity index (χ1n) is 8.47. The maximum Gasteiger partial charge on any atom is 0.418 e. The second-order valence-electron chi connectivity index (χ2n) is 6.20. The van der Waals surface area contributed by atoms with E-state index in [0.717, 1.165) is 42.6 Å². The van der Waals surface area contributed by atoms with Gasteiger partial charge in [0, 0.05) is 24.2 Å². The zero-order chi connectivity index (χ0) is 21.9. The number of carbonyl (C=O) groups is 1. The van der Waals surface area contributed by atoms with Crippen LogP contribution in [0.4, 0.5) is 26.3 Å². The van der Waals surface area contributed by atoms with Gasteiger partial charge in [-0.05, 0) is 42.0 Å². The van der Waals surface area contributed by atoms with Crippen LogP contribution in [0, 0.1) is 0 Å².